The van der Waals surface area contributed by atoms with Crippen LogP contribution in [0.2, 0.25) is 0 Å². The molecule has 0 fully saturated rings. The number of hydrogen-bond acceptors (Lipinski definition) is 0. The summed E-state index contributed by atoms with van der Waals surface area (Å²) in [6.45, 7) is 17.8. The summed E-state index contributed by atoms with van der Waals surface area (Å²) in [5, 5.41) is 5.32. The Morgan fingerprint density at radius 2 is 0.864 bits per heavy atom. The summed E-state index contributed by atoms with van der Waals surface area (Å²) < 4.78 is 1.56. The summed E-state index contributed by atoms with van der Waals surface area (Å²) in [5.41, 5.74) is 8.42. The van der Waals surface area contributed by atoms with E-state index >= 15 is 0 Å². The predicted octanol–water partition coefficient (Wildman–Crippen LogP) is 5.80. The molecule has 0 bridgehead atoms. The van der Waals surface area contributed by atoms with E-state index in [-0.39, 0.29) is 35.6 Å². The molecule has 0 saturated heterocycles. The van der Waals surface area contributed by atoms with E-state index in [1.165, 1.54) is 78.8 Å². The number of fused-ring (bicyclic) bond motifs is 2. The van der Waals surface area contributed by atoms with Crippen molar-refractivity contribution < 1.29 is 48.7 Å². The predicted molar refractivity (Wildman–Crippen MR) is 184 cm³/mol. The van der Waals surface area contributed by atoms with Crippen LogP contribution in [-0.4, -0.2) is 3.26 Å². The standard InChI is InChI=1S/2C19H19.C3H6.2ClH.Hf/c2*1-19(2,3)16-10-4-9-15(13-16)18-12-6-8-14-7-5-11-17(14)18;1-3-2;;;/h2*4-13H,1-3H3;1-2H3;2*1H;/q2*-1;;;;+2/p-2. The third kappa shape index (κ3) is 9.71. The second kappa shape index (κ2) is 16.1. The number of benzene rings is 4. The van der Waals surface area contributed by atoms with Crippen molar-refractivity contribution in [3.05, 3.63) is 132 Å². The minimum absolute atomic E-state index is 0. The molecule has 6 aromatic rings. The molecule has 0 aliphatic heterocycles. The van der Waals surface area contributed by atoms with Crippen LogP contribution in [0.3, 0.4) is 0 Å². The monoisotopic (exact) mass is 786 g/mol. The minimum Gasteiger partial charge on any atom is -1.00 e. The Morgan fingerprint density at radius 3 is 1.20 bits per heavy atom. The molecule has 0 aliphatic carbocycles. The van der Waals surface area contributed by atoms with Gasteiger partial charge in [0.15, 0.2) is 0 Å². The molecule has 0 heterocycles. The summed E-state index contributed by atoms with van der Waals surface area (Å²) >= 11 is 1.27. The fourth-order valence-electron chi connectivity index (χ4n) is 5.13. The molecule has 0 saturated carbocycles. The molecule has 0 aromatic heterocycles. The van der Waals surface area contributed by atoms with Gasteiger partial charge < -0.3 is 24.8 Å². The first kappa shape index (κ1) is 37.6. The normalized spacial score (nSPS) is 11.0. The summed E-state index contributed by atoms with van der Waals surface area (Å²) in [6.07, 6.45) is 0. The van der Waals surface area contributed by atoms with Crippen molar-refractivity contribution in [1.29, 1.82) is 0 Å². The molecule has 0 unspecified atom stereocenters. The molecular weight excluding hydrogens is 742 g/mol. The van der Waals surface area contributed by atoms with Crippen LogP contribution in [-0.2, 0) is 34.7 Å². The van der Waals surface area contributed by atoms with Crippen molar-refractivity contribution in [3.63, 3.8) is 0 Å². The topological polar surface area (TPSA) is 0 Å². The average molecular weight is 786 g/mol. The van der Waals surface area contributed by atoms with E-state index in [0.29, 0.717) is 0 Å². The SMILES string of the molecule is CC(C)(C)c1cccc(-c2cccc3[cH-]ccc23)c1.CC(C)(C)c1cccc(-c2cccc3[cH-]ccc23)c1.C[C](C)=[Hf+2].[Cl-].[Cl-]. The second-order valence-electron chi connectivity index (χ2n) is 13.3. The van der Waals surface area contributed by atoms with Crippen LogP contribution in [0.25, 0.3) is 43.8 Å². The van der Waals surface area contributed by atoms with Crippen LogP contribution in [0.5, 0.6) is 0 Å². The molecule has 0 atom stereocenters. The Labute approximate surface area is 292 Å². The molecule has 0 radical (unpaired) electrons. The first-order valence-electron chi connectivity index (χ1n) is 14.9. The van der Waals surface area contributed by atoms with Crippen molar-refractivity contribution in [1.82, 2.24) is 0 Å². The zero-order valence-corrected chi connectivity index (χ0v) is 32.4. The minimum atomic E-state index is 0. The average Bonchev–Trinajstić information content (AvgIpc) is 3.62. The number of rotatable bonds is 2. The van der Waals surface area contributed by atoms with Gasteiger partial charge in [-0.25, -0.2) is 0 Å². The Bertz CT molecular complexity index is 1660. The van der Waals surface area contributed by atoms with E-state index in [1.807, 2.05) is 0 Å². The van der Waals surface area contributed by atoms with Gasteiger partial charge in [0, 0.05) is 0 Å². The maximum Gasteiger partial charge on any atom is -1.00 e. The molecule has 0 aliphatic rings. The maximum atomic E-state index is 2.32. The third-order valence-electron chi connectivity index (χ3n) is 7.44. The van der Waals surface area contributed by atoms with Crippen LogP contribution in [0, 0.1) is 0 Å². The summed E-state index contributed by atoms with van der Waals surface area (Å²) in [7, 11) is 0. The molecule has 6 aromatic carbocycles. The van der Waals surface area contributed by atoms with E-state index in [4.69, 9.17) is 0 Å². The van der Waals surface area contributed by atoms with E-state index < -0.39 is 0 Å². The molecule has 6 rings (SSSR count). The third-order valence-corrected chi connectivity index (χ3v) is 7.44. The zero-order chi connectivity index (χ0) is 30.5. The quantitative estimate of drug-likeness (QED) is 0.154. The van der Waals surface area contributed by atoms with Crippen molar-refractivity contribution >= 4 is 24.8 Å². The molecule has 0 N–H and O–H groups in total. The van der Waals surface area contributed by atoms with E-state index in [1.54, 1.807) is 3.26 Å². The molecule has 0 nitrogen and oxygen atoms in total. The molecule has 44 heavy (non-hydrogen) atoms. The van der Waals surface area contributed by atoms with Crippen molar-refractivity contribution in [3.8, 4) is 22.3 Å². The molecular formula is C41H44Cl2Hf-2. The van der Waals surface area contributed by atoms with Crippen molar-refractivity contribution in [2.75, 3.05) is 0 Å². The van der Waals surface area contributed by atoms with E-state index in [9.17, 15) is 0 Å². The van der Waals surface area contributed by atoms with Crippen LogP contribution < -0.4 is 24.8 Å². The van der Waals surface area contributed by atoms with E-state index in [0.717, 1.165) is 0 Å². The summed E-state index contributed by atoms with van der Waals surface area (Å²) in [5.74, 6) is 0. The molecule has 0 spiro atoms. The van der Waals surface area contributed by atoms with E-state index in [2.05, 4.69) is 177 Å². The maximum absolute atomic E-state index is 2.32. The zero-order valence-electron chi connectivity index (χ0n) is 27.3. The number of hydrogen-bond donors (Lipinski definition) is 0. The van der Waals surface area contributed by atoms with Gasteiger partial charge in [0.25, 0.3) is 0 Å². The van der Waals surface area contributed by atoms with Crippen LogP contribution >= 0.6 is 0 Å². The Morgan fingerprint density at radius 1 is 0.523 bits per heavy atom. The van der Waals surface area contributed by atoms with Gasteiger partial charge in [-0.2, -0.15) is 24.3 Å². The Hall–Kier alpha value is -2.58. The second-order valence-corrected chi connectivity index (χ2v) is 16.9. The fraction of sp³-hybridized carbons (Fsp3) is 0.244. The Kier molecular flexibility index (Phi) is 13.8. The number of halogens is 2. The van der Waals surface area contributed by atoms with Crippen molar-refractivity contribution in [2.45, 2.75) is 66.2 Å². The van der Waals surface area contributed by atoms with Gasteiger partial charge in [0.05, 0.1) is 0 Å². The van der Waals surface area contributed by atoms with Crippen LogP contribution in [0.15, 0.2) is 121 Å². The first-order chi connectivity index (χ1) is 19.8. The van der Waals surface area contributed by atoms with Crippen molar-refractivity contribution in [2.24, 2.45) is 0 Å². The van der Waals surface area contributed by atoms with Crippen LogP contribution in [0.1, 0.15) is 66.5 Å². The molecule has 3 heteroatoms. The van der Waals surface area contributed by atoms with Crippen LogP contribution in [0.4, 0.5) is 0 Å². The molecule has 0 amide bonds. The first-order valence-corrected chi connectivity index (χ1v) is 16.7. The summed E-state index contributed by atoms with van der Waals surface area (Å²) in [4.78, 5) is 0. The largest absolute Gasteiger partial charge is 1.00 e. The van der Waals surface area contributed by atoms with Gasteiger partial charge in [-0.05, 0) is 33.1 Å². The van der Waals surface area contributed by atoms with Gasteiger partial charge in [0.2, 0.25) is 0 Å². The fourth-order valence-corrected chi connectivity index (χ4v) is 5.13. The summed E-state index contributed by atoms with van der Waals surface area (Å²) in [6, 6.07) is 43.9. The van der Waals surface area contributed by atoms with Gasteiger partial charge in [-0.3, -0.25) is 0 Å². The van der Waals surface area contributed by atoms with Gasteiger partial charge in [-0.1, -0.05) is 113 Å². The van der Waals surface area contributed by atoms with Gasteiger partial charge >= 0.3 is 41.0 Å². The smallest absolute Gasteiger partial charge is 1.00 e. The molecule has 228 valence electrons. The van der Waals surface area contributed by atoms with Gasteiger partial charge in [0.1, 0.15) is 0 Å². The van der Waals surface area contributed by atoms with Gasteiger partial charge in [-0.15, -0.1) is 57.9 Å². The Balaban J connectivity index is 0.000000263.